The molecular weight excluding hydrogens is 524 g/mol. The number of amides is 1. The van der Waals surface area contributed by atoms with E-state index in [-0.39, 0.29) is 16.7 Å². The Morgan fingerprint density at radius 2 is 1.72 bits per heavy atom. The van der Waals surface area contributed by atoms with Gasteiger partial charge >= 0.3 is 0 Å². The number of halogens is 3. The van der Waals surface area contributed by atoms with E-state index in [1.807, 2.05) is 13.0 Å². The lowest BCUT2D eigenvalue weighted by Crippen LogP contribution is -2.34. The summed E-state index contributed by atoms with van der Waals surface area (Å²) in [5.74, 6) is -0.415. The molecule has 0 spiro atoms. The summed E-state index contributed by atoms with van der Waals surface area (Å²) < 4.78 is 18.9. The van der Waals surface area contributed by atoms with Crippen LogP contribution >= 0.6 is 35.4 Å². The van der Waals surface area contributed by atoms with E-state index in [1.54, 1.807) is 42.5 Å². The summed E-state index contributed by atoms with van der Waals surface area (Å²) in [6.07, 6.45) is 0. The van der Waals surface area contributed by atoms with Crippen molar-refractivity contribution in [3.63, 3.8) is 0 Å². The normalized spacial score (nSPS) is 11.0. The Kier molecular flexibility index (Phi) is 6.44. The fourth-order valence-corrected chi connectivity index (χ4v) is 4.09. The van der Waals surface area contributed by atoms with E-state index in [0.29, 0.717) is 43.8 Å². The molecule has 0 bridgehead atoms. The fourth-order valence-electron chi connectivity index (χ4n) is 3.50. The lowest BCUT2D eigenvalue weighted by molar-refractivity contribution is 0.0951. The molecule has 0 saturated heterocycles. The summed E-state index contributed by atoms with van der Waals surface area (Å²) in [7, 11) is 0. The third-order valence-electron chi connectivity index (χ3n) is 5.28. The first kappa shape index (κ1) is 23.9. The first-order chi connectivity index (χ1) is 17.3. The van der Waals surface area contributed by atoms with Gasteiger partial charge in [0.2, 0.25) is 0 Å². The van der Waals surface area contributed by atoms with Crippen molar-refractivity contribution in [2.45, 2.75) is 6.92 Å². The van der Waals surface area contributed by atoms with Gasteiger partial charge in [0, 0.05) is 16.3 Å². The molecule has 0 aliphatic rings. The number of aryl methyl sites for hydroxylation is 1. The highest BCUT2D eigenvalue weighted by atomic mass is 35.5. The minimum atomic E-state index is -0.530. The molecule has 0 radical (unpaired) electrons. The van der Waals surface area contributed by atoms with Gasteiger partial charge in [-0.1, -0.05) is 23.2 Å². The van der Waals surface area contributed by atoms with E-state index in [1.165, 1.54) is 23.0 Å². The molecule has 1 amide bonds. The lowest BCUT2D eigenvalue weighted by atomic mass is 10.2. The molecule has 0 atom stereocenters. The van der Waals surface area contributed by atoms with Crippen LogP contribution in [0.3, 0.4) is 0 Å². The summed E-state index contributed by atoms with van der Waals surface area (Å²) in [6, 6.07) is 17.6. The zero-order chi connectivity index (χ0) is 25.4. The number of thiocarbonyl (C=S) groups is 1. The smallest absolute Gasteiger partial charge is 0.293 e. The quantitative estimate of drug-likeness (QED) is 0.251. The molecular formula is C25H16Cl2FN5O2S. The third-order valence-corrected chi connectivity index (χ3v) is 6.05. The van der Waals surface area contributed by atoms with Gasteiger partial charge in [-0.25, -0.2) is 4.39 Å². The van der Waals surface area contributed by atoms with Crippen LogP contribution in [-0.2, 0) is 0 Å². The maximum Gasteiger partial charge on any atom is 0.293 e. The highest BCUT2D eigenvalue weighted by molar-refractivity contribution is 7.80. The average molecular weight is 540 g/mol. The maximum atomic E-state index is 13.2. The number of aromatic nitrogens is 3. The van der Waals surface area contributed by atoms with E-state index in [2.05, 4.69) is 20.8 Å². The van der Waals surface area contributed by atoms with E-state index in [4.69, 9.17) is 39.8 Å². The van der Waals surface area contributed by atoms with Gasteiger partial charge in [0.15, 0.2) is 10.9 Å². The monoisotopic (exact) mass is 539 g/mol. The molecule has 0 fully saturated rings. The Balaban J connectivity index is 1.30. The van der Waals surface area contributed by atoms with E-state index in [9.17, 15) is 9.18 Å². The average Bonchev–Trinajstić information content (AvgIpc) is 3.49. The summed E-state index contributed by atoms with van der Waals surface area (Å²) >= 11 is 17.6. The van der Waals surface area contributed by atoms with Crippen LogP contribution in [0.4, 0.5) is 10.1 Å². The second kappa shape index (κ2) is 9.69. The van der Waals surface area contributed by atoms with Gasteiger partial charge in [-0.3, -0.25) is 10.1 Å². The van der Waals surface area contributed by atoms with E-state index < -0.39 is 5.91 Å². The van der Waals surface area contributed by atoms with Crippen LogP contribution in [-0.4, -0.2) is 26.0 Å². The second-order valence-corrected chi connectivity index (χ2v) is 9.07. The topological polar surface area (TPSA) is 85.0 Å². The fraction of sp³-hybridized carbons (Fsp3) is 0.0400. The number of carbonyl (C=O) groups excluding carboxylic acids is 1. The molecule has 180 valence electrons. The molecule has 36 heavy (non-hydrogen) atoms. The summed E-state index contributed by atoms with van der Waals surface area (Å²) in [5.41, 5.74) is 3.92. The molecule has 2 aromatic heterocycles. The summed E-state index contributed by atoms with van der Waals surface area (Å²) in [5, 5.41) is 15.5. The molecule has 0 unspecified atom stereocenters. The van der Waals surface area contributed by atoms with Gasteiger partial charge in [-0.15, -0.1) is 10.2 Å². The number of nitrogens with one attached hydrogen (secondary N) is 2. The Morgan fingerprint density at radius 1 is 1.00 bits per heavy atom. The first-order valence-electron chi connectivity index (χ1n) is 10.6. The zero-order valence-corrected chi connectivity index (χ0v) is 20.9. The summed E-state index contributed by atoms with van der Waals surface area (Å²) in [4.78, 5) is 14.1. The zero-order valence-electron chi connectivity index (χ0n) is 18.6. The highest BCUT2D eigenvalue weighted by Crippen LogP contribution is 2.32. The van der Waals surface area contributed by atoms with Gasteiger partial charge in [0.05, 0.1) is 10.7 Å². The molecule has 5 aromatic rings. The van der Waals surface area contributed by atoms with Crippen LogP contribution < -0.4 is 10.6 Å². The first-order valence-corrected chi connectivity index (χ1v) is 11.7. The minimum absolute atomic E-state index is 0.0552. The van der Waals surface area contributed by atoms with Crippen molar-refractivity contribution < 1.29 is 13.6 Å². The Hall–Kier alpha value is -3.79. The highest BCUT2D eigenvalue weighted by Gasteiger charge is 2.16. The SMILES string of the molecule is Cc1cc2nn(-c3ccc(F)cc3)nc2cc1NC(=S)NC(=O)c1ccc(-c2cc(Cl)ccc2Cl)o1. The number of hydrogen-bond donors (Lipinski definition) is 2. The molecule has 2 heterocycles. The summed E-state index contributed by atoms with van der Waals surface area (Å²) in [6.45, 7) is 1.87. The molecule has 11 heteroatoms. The molecule has 0 saturated carbocycles. The molecule has 0 aliphatic carbocycles. The molecule has 3 aromatic carbocycles. The number of fused-ring (bicyclic) bond motifs is 1. The van der Waals surface area contributed by atoms with Crippen molar-refractivity contribution in [3.8, 4) is 17.0 Å². The number of furan rings is 1. The van der Waals surface area contributed by atoms with Crippen LogP contribution in [0.15, 0.2) is 71.1 Å². The number of carbonyl (C=O) groups is 1. The van der Waals surface area contributed by atoms with Crippen molar-refractivity contribution in [3.05, 3.63) is 93.9 Å². The molecule has 0 aliphatic heterocycles. The van der Waals surface area contributed by atoms with Gasteiger partial charge in [0.25, 0.3) is 5.91 Å². The molecule has 2 N–H and O–H groups in total. The van der Waals surface area contributed by atoms with E-state index >= 15 is 0 Å². The Labute approximate surface area is 219 Å². The van der Waals surface area contributed by atoms with E-state index in [0.717, 1.165) is 5.56 Å². The predicted octanol–water partition coefficient (Wildman–Crippen LogP) is 6.56. The standard InChI is InChI=1S/C25H16Cl2FN5O2S/c1-13-10-20-21(32-33(31-20)16-5-3-15(28)4-6-16)12-19(13)29-25(36)30-24(34)23-9-8-22(35-23)17-11-14(26)2-7-18(17)27/h2-12H,1H3,(H2,29,30,34,36). The Bertz CT molecular complexity index is 1630. The second-order valence-electron chi connectivity index (χ2n) is 7.82. The van der Waals surface area contributed by atoms with Crippen molar-refractivity contribution in [1.29, 1.82) is 0 Å². The van der Waals surface area contributed by atoms with Gasteiger partial charge in [0.1, 0.15) is 22.6 Å². The van der Waals surface area contributed by atoms with Gasteiger partial charge < -0.3 is 9.73 Å². The largest absolute Gasteiger partial charge is 0.451 e. The van der Waals surface area contributed by atoms with Crippen LogP contribution in [0.5, 0.6) is 0 Å². The van der Waals surface area contributed by atoms with Crippen molar-refractivity contribution in [2.75, 3.05) is 5.32 Å². The predicted molar refractivity (Wildman–Crippen MR) is 141 cm³/mol. The van der Waals surface area contributed by atoms with Crippen molar-refractivity contribution in [1.82, 2.24) is 20.3 Å². The van der Waals surface area contributed by atoms with Gasteiger partial charge in [-0.05, 0) is 91.4 Å². The number of benzene rings is 3. The van der Waals surface area contributed by atoms with Crippen LogP contribution in [0, 0.1) is 12.7 Å². The van der Waals surface area contributed by atoms with Crippen molar-refractivity contribution in [2.24, 2.45) is 0 Å². The van der Waals surface area contributed by atoms with Crippen LogP contribution in [0.1, 0.15) is 16.1 Å². The number of nitrogens with zero attached hydrogens (tertiary/aromatic N) is 3. The van der Waals surface area contributed by atoms with Crippen molar-refractivity contribution >= 4 is 63.2 Å². The molecule has 7 nitrogen and oxygen atoms in total. The minimum Gasteiger partial charge on any atom is -0.451 e. The maximum absolute atomic E-state index is 13.2. The van der Waals surface area contributed by atoms with Gasteiger partial charge in [-0.2, -0.15) is 4.80 Å². The van der Waals surface area contributed by atoms with Crippen LogP contribution in [0.25, 0.3) is 28.0 Å². The number of hydrogen-bond acceptors (Lipinski definition) is 5. The third kappa shape index (κ3) is 4.94. The Morgan fingerprint density at radius 3 is 2.47 bits per heavy atom. The number of anilines is 1. The molecule has 5 rings (SSSR count). The van der Waals surface area contributed by atoms with Crippen LogP contribution in [0.2, 0.25) is 10.0 Å². The lowest BCUT2D eigenvalue weighted by Gasteiger charge is -2.11. The number of rotatable bonds is 4.